The Morgan fingerprint density at radius 2 is 1.71 bits per heavy atom. The second-order valence-corrected chi connectivity index (χ2v) is 8.18. The Morgan fingerprint density at radius 1 is 1.00 bits per heavy atom. The molecule has 0 radical (unpaired) electrons. The van der Waals surface area contributed by atoms with Gasteiger partial charge in [-0.3, -0.25) is 19.3 Å². The molecule has 0 bridgehead atoms. The summed E-state index contributed by atoms with van der Waals surface area (Å²) in [7, 11) is 0. The van der Waals surface area contributed by atoms with Crippen LogP contribution in [0, 0.1) is 0 Å². The smallest absolute Gasteiger partial charge is 0.268 e. The summed E-state index contributed by atoms with van der Waals surface area (Å²) in [5, 5.41) is 0. The van der Waals surface area contributed by atoms with Gasteiger partial charge < -0.3 is 9.64 Å². The number of hydrogen-bond acceptors (Lipinski definition) is 5. The molecule has 2 aliphatic heterocycles. The number of benzene rings is 1. The van der Waals surface area contributed by atoms with Crippen LogP contribution in [0.15, 0.2) is 36.4 Å². The maximum absolute atomic E-state index is 13.2. The van der Waals surface area contributed by atoms with E-state index in [1.54, 1.807) is 23.1 Å². The van der Waals surface area contributed by atoms with Crippen molar-refractivity contribution >= 4 is 34.6 Å². The van der Waals surface area contributed by atoms with Crippen LogP contribution in [0.3, 0.4) is 0 Å². The normalized spacial score (nSPS) is 19.0. The van der Waals surface area contributed by atoms with Crippen molar-refractivity contribution in [3.8, 4) is 5.75 Å². The van der Waals surface area contributed by atoms with Crippen LogP contribution < -0.4 is 9.64 Å². The van der Waals surface area contributed by atoms with Gasteiger partial charge in [0.25, 0.3) is 11.8 Å². The van der Waals surface area contributed by atoms with Crippen molar-refractivity contribution in [1.29, 1.82) is 0 Å². The zero-order chi connectivity index (χ0) is 19.7. The summed E-state index contributed by atoms with van der Waals surface area (Å²) in [6, 6.07) is 10.6. The fraction of sp³-hybridized carbons (Fsp3) is 0.381. The van der Waals surface area contributed by atoms with Gasteiger partial charge in [-0.05, 0) is 50.5 Å². The van der Waals surface area contributed by atoms with E-state index in [2.05, 4.69) is 0 Å². The molecular weight excluding hydrogens is 376 g/mol. The van der Waals surface area contributed by atoms with Gasteiger partial charge >= 0.3 is 0 Å². The molecule has 0 unspecified atom stereocenters. The van der Waals surface area contributed by atoms with E-state index in [9.17, 15) is 14.4 Å². The number of Topliss-reactive ketones (excluding diaryl/α,β-unsaturated/α-hetero) is 1. The molecule has 1 atom stereocenters. The van der Waals surface area contributed by atoms with Crippen LogP contribution in [-0.4, -0.2) is 48.2 Å². The van der Waals surface area contributed by atoms with Crippen LogP contribution in [-0.2, 0) is 4.79 Å². The highest BCUT2D eigenvalue weighted by molar-refractivity contribution is 7.16. The highest BCUT2D eigenvalue weighted by atomic mass is 32.1. The predicted octanol–water partition coefficient (Wildman–Crippen LogP) is 3.37. The first-order chi connectivity index (χ1) is 13.5. The monoisotopic (exact) mass is 398 g/mol. The molecule has 7 heteroatoms. The van der Waals surface area contributed by atoms with E-state index in [4.69, 9.17) is 4.74 Å². The van der Waals surface area contributed by atoms with Gasteiger partial charge in [-0.2, -0.15) is 0 Å². The summed E-state index contributed by atoms with van der Waals surface area (Å²) >= 11 is 1.18. The van der Waals surface area contributed by atoms with Crippen molar-refractivity contribution in [3.05, 3.63) is 46.2 Å². The number of rotatable bonds is 3. The van der Waals surface area contributed by atoms with Crippen molar-refractivity contribution in [2.45, 2.75) is 32.3 Å². The van der Waals surface area contributed by atoms with Gasteiger partial charge in [-0.25, -0.2) is 0 Å². The number of para-hydroxylation sites is 2. The molecule has 28 heavy (non-hydrogen) atoms. The molecule has 2 amide bonds. The van der Waals surface area contributed by atoms with Crippen LogP contribution in [0.2, 0.25) is 0 Å². The highest BCUT2D eigenvalue weighted by Gasteiger charge is 2.36. The molecule has 146 valence electrons. The van der Waals surface area contributed by atoms with Crippen LogP contribution >= 0.6 is 11.3 Å². The minimum absolute atomic E-state index is 0.0652. The molecule has 0 aliphatic carbocycles. The summed E-state index contributed by atoms with van der Waals surface area (Å²) < 4.78 is 5.97. The quantitative estimate of drug-likeness (QED) is 0.744. The number of ketones is 1. The number of anilines is 1. The Labute approximate surface area is 167 Å². The maximum atomic E-state index is 13.2. The van der Waals surface area contributed by atoms with Gasteiger partial charge in [-0.15, -0.1) is 11.3 Å². The lowest BCUT2D eigenvalue weighted by atomic mass is 10.1. The number of carbonyl (C=O) groups is 3. The highest BCUT2D eigenvalue weighted by Crippen LogP contribution is 2.35. The maximum Gasteiger partial charge on any atom is 0.268 e. The van der Waals surface area contributed by atoms with E-state index in [0.717, 1.165) is 32.4 Å². The molecule has 4 rings (SSSR count). The Kier molecular flexibility index (Phi) is 5.17. The van der Waals surface area contributed by atoms with Gasteiger partial charge in [0.1, 0.15) is 5.75 Å². The standard InChI is InChI=1S/C21H22N2O4S/c1-14(24)18-9-10-19(28-18)21(26)23-13-17(20(25)22-11-5-2-6-12-22)27-16-8-4-3-7-15(16)23/h3-4,7-10,17H,2,5-6,11-13H2,1H3/t17-/m1/s1. The Bertz CT molecular complexity index is 917. The van der Waals surface area contributed by atoms with E-state index in [-0.39, 0.29) is 24.1 Å². The van der Waals surface area contributed by atoms with E-state index in [1.807, 2.05) is 23.1 Å². The third-order valence-corrected chi connectivity index (χ3v) is 6.30. The van der Waals surface area contributed by atoms with Crippen LogP contribution in [0.4, 0.5) is 5.69 Å². The van der Waals surface area contributed by atoms with E-state index in [1.165, 1.54) is 18.3 Å². The lowest BCUT2D eigenvalue weighted by molar-refractivity contribution is -0.139. The second kappa shape index (κ2) is 7.75. The number of piperidine rings is 1. The van der Waals surface area contributed by atoms with Crippen molar-refractivity contribution in [3.63, 3.8) is 0 Å². The van der Waals surface area contributed by atoms with E-state index in [0.29, 0.717) is 21.2 Å². The molecular formula is C21H22N2O4S. The molecule has 2 aromatic rings. The fourth-order valence-electron chi connectivity index (χ4n) is 3.65. The fourth-order valence-corrected chi connectivity index (χ4v) is 4.50. The van der Waals surface area contributed by atoms with Crippen molar-refractivity contribution in [1.82, 2.24) is 4.90 Å². The molecule has 0 spiro atoms. The zero-order valence-electron chi connectivity index (χ0n) is 15.7. The average molecular weight is 398 g/mol. The lowest BCUT2D eigenvalue weighted by Gasteiger charge is -2.37. The molecule has 1 fully saturated rings. The summed E-state index contributed by atoms with van der Waals surface area (Å²) in [5.74, 6) is 0.178. The third kappa shape index (κ3) is 3.54. The van der Waals surface area contributed by atoms with Crippen molar-refractivity contribution in [2.75, 3.05) is 24.5 Å². The molecule has 1 saturated heterocycles. The first-order valence-corrected chi connectivity index (χ1v) is 10.3. The summed E-state index contributed by atoms with van der Waals surface area (Å²) in [5.41, 5.74) is 0.646. The summed E-state index contributed by atoms with van der Waals surface area (Å²) in [6.07, 6.45) is 2.42. The summed E-state index contributed by atoms with van der Waals surface area (Å²) in [4.78, 5) is 42.2. The number of fused-ring (bicyclic) bond motifs is 1. The number of thiophene rings is 1. The van der Waals surface area contributed by atoms with Gasteiger partial charge in [0.05, 0.1) is 22.0 Å². The summed E-state index contributed by atoms with van der Waals surface area (Å²) in [6.45, 7) is 3.12. The number of ether oxygens (including phenoxy) is 1. The Morgan fingerprint density at radius 3 is 2.43 bits per heavy atom. The number of carbonyl (C=O) groups excluding carboxylic acids is 3. The number of amides is 2. The lowest BCUT2D eigenvalue weighted by Crippen LogP contribution is -2.52. The predicted molar refractivity (Wildman–Crippen MR) is 107 cm³/mol. The zero-order valence-corrected chi connectivity index (χ0v) is 16.5. The van der Waals surface area contributed by atoms with Gasteiger partial charge in [0.15, 0.2) is 11.9 Å². The Balaban J connectivity index is 1.62. The SMILES string of the molecule is CC(=O)c1ccc(C(=O)N2C[C@H](C(=O)N3CCCCC3)Oc3ccccc32)s1. The number of hydrogen-bond donors (Lipinski definition) is 0. The number of likely N-dealkylation sites (tertiary alicyclic amines) is 1. The molecule has 0 N–H and O–H groups in total. The molecule has 1 aromatic carbocycles. The molecule has 1 aromatic heterocycles. The topological polar surface area (TPSA) is 66.9 Å². The van der Waals surface area contributed by atoms with Crippen LogP contribution in [0.25, 0.3) is 0 Å². The molecule has 6 nitrogen and oxygen atoms in total. The first kappa shape index (κ1) is 18.7. The van der Waals surface area contributed by atoms with E-state index < -0.39 is 6.10 Å². The molecule has 3 heterocycles. The van der Waals surface area contributed by atoms with Crippen molar-refractivity contribution in [2.24, 2.45) is 0 Å². The largest absolute Gasteiger partial charge is 0.476 e. The molecule has 0 saturated carbocycles. The number of nitrogens with zero attached hydrogens (tertiary/aromatic N) is 2. The third-order valence-electron chi connectivity index (χ3n) is 5.13. The van der Waals surface area contributed by atoms with Gasteiger partial charge in [0, 0.05) is 13.1 Å². The van der Waals surface area contributed by atoms with Gasteiger partial charge in [0.2, 0.25) is 0 Å². The van der Waals surface area contributed by atoms with Crippen LogP contribution in [0.1, 0.15) is 45.5 Å². The minimum Gasteiger partial charge on any atom is -0.476 e. The van der Waals surface area contributed by atoms with Crippen LogP contribution in [0.5, 0.6) is 5.75 Å². The van der Waals surface area contributed by atoms with Gasteiger partial charge in [-0.1, -0.05) is 12.1 Å². The Hall–Kier alpha value is -2.67. The second-order valence-electron chi connectivity index (χ2n) is 7.10. The minimum atomic E-state index is -0.718. The molecule has 2 aliphatic rings. The average Bonchev–Trinajstić information content (AvgIpc) is 3.23. The van der Waals surface area contributed by atoms with Crippen molar-refractivity contribution < 1.29 is 19.1 Å². The van der Waals surface area contributed by atoms with E-state index >= 15 is 0 Å². The first-order valence-electron chi connectivity index (χ1n) is 9.51.